The zero-order valence-electron chi connectivity index (χ0n) is 15.1. The van der Waals surface area contributed by atoms with Gasteiger partial charge in [0.05, 0.1) is 18.6 Å². The fourth-order valence-corrected chi connectivity index (χ4v) is 3.45. The van der Waals surface area contributed by atoms with Gasteiger partial charge in [0.2, 0.25) is 0 Å². The summed E-state index contributed by atoms with van der Waals surface area (Å²) >= 11 is 5.88. The lowest BCUT2D eigenvalue weighted by atomic mass is 9.96. The van der Waals surface area contributed by atoms with Crippen molar-refractivity contribution in [2.75, 3.05) is 6.61 Å². The van der Waals surface area contributed by atoms with Gasteiger partial charge < -0.3 is 9.47 Å². The van der Waals surface area contributed by atoms with Crippen LogP contribution in [0.15, 0.2) is 78.9 Å². The number of ether oxygens (including phenoxy) is 2. The topological polar surface area (TPSA) is 18.5 Å². The Morgan fingerprint density at radius 1 is 0.857 bits per heavy atom. The van der Waals surface area contributed by atoms with Crippen molar-refractivity contribution >= 4 is 11.6 Å². The maximum absolute atomic E-state index is 14.1. The van der Waals surface area contributed by atoms with Gasteiger partial charge in [-0.3, -0.25) is 0 Å². The molecule has 2 nitrogen and oxygen atoms in total. The van der Waals surface area contributed by atoms with E-state index >= 15 is 0 Å². The molecular formula is C23H19ClF2O2. The molecule has 0 aliphatic heterocycles. The monoisotopic (exact) mass is 400 g/mol. The van der Waals surface area contributed by atoms with E-state index in [1.807, 2.05) is 54.6 Å². The normalized spacial score (nSPS) is 20.0. The van der Waals surface area contributed by atoms with Gasteiger partial charge in [-0.25, -0.2) is 8.78 Å². The third-order valence-electron chi connectivity index (χ3n) is 4.99. The molecule has 3 aromatic rings. The number of alkyl halides is 2. The largest absolute Gasteiger partial charge is 0.457 e. The van der Waals surface area contributed by atoms with Gasteiger partial charge in [0.25, 0.3) is 5.92 Å². The van der Waals surface area contributed by atoms with Crippen LogP contribution in [0.2, 0.25) is 5.02 Å². The summed E-state index contributed by atoms with van der Waals surface area (Å²) in [6.45, 7) is 0.183. The summed E-state index contributed by atoms with van der Waals surface area (Å²) in [7, 11) is 0. The Morgan fingerprint density at radius 2 is 1.54 bits per heavy atom. The van der Waals surface area contributed by atoms with E-state index in [2.05, 4.69) is 0 Å². The Bertz CT molecular complexity index is 944. The summed E-state index contributed by atoms with van der Waals surface area (Å²) < 4.78 is 39.8. The molecule has 1 saturated carbocycles. The van der Waals surface area contributed by atoms with E-state index in [1.165, 1.54) is 0 Å². The van der Waals surface area contributed by atoms with Crippen molar-refractivity contribution < 1.29 is 18.3 Å². The molecule has 0 spiro atoms. The Kier molecular flexibility index (Phi) is 5.09. The second-order valence-corrected chi connectivity index (χ2v) is 7.46. The van der Waals surface area contributed by atoms with E-state index in [0.717, 1.165) is 11.3 Å². The Balaban J connectivity index is 1.40. The van der Waals surface area contributed by atoms with Gasteiger partial charge in [0.15, 0.2) is 0 Å². The minimum absolute atomic E-state index is 0.0502. The predicted octanol–water partition coefficient (Wildman–Crippen LogP) is 6.63. The van der Waals surface area contributed by atoms with Crippen LogP contribution < -0.4 is 4.74 Å². The molecule has 0 saturated heterocycles. The zero-order chi connectivity index (χ0) is 19.6. The number of benzene rings is 3. The minimum atomic E-state index is -2.76. The molecule has 1 aliphatic carbocycles. The van der Waals surface area contributed by atoms with E-state index in [0.29, 0.717) is 16.3 Å². The molecule has 1 aliphatic rings. The highest BCUT2D eigenvalue weighted by atomic mass is 35.5. The van der Waals surface area contributed by atoms with Crippen LogP contribution in [-0.2, 0) is 16.8 Å². The Morgan fingerprint density at radius 3 is 2.21 bits per heavy atom. The second-order valence-electron chi connectivity index (χ2n) is 7.03. The van der Waals surface area contributed by atoms with E-state index in [9.17, 15) is 8.78 Å². The van der Waals surface area contributed by atoms with Crippen LogP contribution >= 0.6 is 11.6 Å². The van der Waals surface area contributed by atoms with Crippen LogP contribution in [0.3, 0.4) is 0 Å². The lowest BCUT2D eigenvalue weighted by Gasteiger charge is -2.17. The maximum atomic E-state index is 14.1. The van der Waals surface area contributed by atoms with Gasteiger partial charge in [0.1, 0.15) is 11.5 Å². The smallest absolute Gasteiger partial charge is 0.261 e. The molecule has 0 aromatic heterocycles. The number of halogens is 3. The third-order valence-corrected chi connectivity index (χ3v) is 5.24. The van der Waals surface area contributed by atoms with Gasteiger partial charge in [-0.2, -0.15) is 0 Å². The molecule has 3 aromatic carbocycles. The van der Waals surface area contributed by atoms with Crippen molar-refractivity contribution in [3.63, 3.8) is 0 Å². The van der Waals surface area contributed by atoms with E-state index < -0.39 is 11.3 Å². The molecule has 28 heavy (non-hydrogen) atoms. The number of hydrogen-bond acceptors (Lipinski definition) is 2. The molecule has 0 amide bonds. The molecule has 1 atom stereocenters. The summed E-state index contributed by atoms with van der Waals surface area (Å²) in [6, 6.07) is 23.5. The van der Waals surface area contributed by atoms with E-state index in [4.69, 9.17) is 21.1 Å². The lowest BCUT2D eigenvalue weighted by molar-refractivity contribution is 0.0334. The molecule has 0 N–H and O–H groups in total. The van der Waals surface area contributed by atoms with E-state index in [-0.39, 0.29) is 19.6 Å². The van der Waals surface area contributed by atoms with Crippen molar-refractivity contribution in [2.45, 2.75) is 24.4 Å². The van der Waals surface area contributed by atoms with Gasteiger partial charge in [-0.15, -0.1) is 0 Å². The van der Waals surface area contributed by atoms with Gasteiger partial charge >= 0.3 is 0 Å². The maximum Gasteiger partial charge on any atom is 0.261 e. The van der Waals surface area contributed by atoms with Gasteiger partial charge in [0, 0.05) is 11.4 Å². The first-order chi connectivity index (χ1) is 13.5. The SMILES string of the molecule is FC1(F)CC1(COCc1cccc(Oc2ccccc2)c1)c1ccc(Cl)cc1. The first-order valence-corrected chi connectivity index (χ1v) is 9.40. The number of para-hydroxylation sites is 1. The summed E-state index contributed by atoms with van der Waals surface area (Å²) in [5.74, 6) is -1.35. The van der Waals surface area contributed by atoms with Gasteiger partial charge in [-0.1, -0.05) is 54.1 Å². The van der Waals surface area contributed by atoms with Crippen LogP contribution in [0.4, 0.5) is 8.78 Å². The molecule has 1 unspecified atom stereocenters. The zero-order valence-corrected chi connectivity index (χ0v) is 15.8. The molecular weight excluding hydrogens is 382 g/mol. The first kappa shape index (κ1) is 18.9. The van der Waals surface area contributed by atoms with Crippen molar-refractivity contribution in [1.29, 1.82) is 0 Å². The summed E-state index contributed by atoms with van der Waals surface area (Å²) in [5.41, 5.74) is 0.155. The summed E-state index contributed by atoms with van der Waals surface area (Å²) in [5, 5.41) is 0.527. The molecule has 0 radical (unpaired) electrons. The fourth-order valence-electron chi connectivity index (χ4n) is 3.32. The standard InChI is InChI=1S/C23H19ClF2O2/c24-19-11-9-18(10-12-19)22(15-23(22,25)26)16-27-14-17-5-4-8-21(13-17)28-20-6-2-1-3-7-20/h1-13H,14-16H2. The highest BCUT2D eigenvalue weighted by Gasteiger charge is 2.72. The minimum Gasteiger partial charge on any atom is -0.457 e. The van der Waals surface area contributed by atoms with Crippen LogP contribution in [0.25, 0.3) is 0 Å². The highest BCUT2D eigenvalue weighted by molar-refractivity contribution is 6.30. The van der Waals surface area contributed by atoms with Crippen LogP contribution in [0, 0.1) is 0 Å². The van der Waals surface area contributed by atoms with Crippen LogP contribution in [0.5, 0.6) is 11.5 Å². The first-order valence-electron chi connectivity index (χ1n) is 9.02. The third kappa shape index (κ3) is 3.89. The van der Waals surface area contributed by atoms with Crippen molar-refractivity contribution in [3.8, 4) is 11.5 Å². The van der Waals surface area contributed by atoms with E-state index in [1.54, 1.807) is 24.3 Å². The molecule has 5 heteroatoms. The molecule has 4 rings (SSSR count). The van der Waals surface area contributed by atoms with Crippen LogP contribution in [0.1, 0.15) is 17.5 Å². The quantitative estimate of drug-likeness (QED) is 0.443. The fraction of sp³-hybridized carbons (Fsp3) is 0.217. The van der Waals surface area contributed by atoms with Gasteiger partial charge in [-0.05, 0) is 47.5 Å². The Labute approximate surface area is 167 Å². The van der Waals surface area contributed by atoms with Crippen molar-refractivity contribution in [1.82, 2.24) is 0 Å². The predicted molar refractivity (Wildman–Crippen MR) is 105 cm³/mol. The second kappa shape index (κ2) is 7.53. The van der Waals surface area contributed by atoms with Crippen molar-refractivity contribution in [2.24, 2.45) is 0 Å². The summed E-state index contributed by atoms with van der Waals surface area (Å²) in [6.07, 6.45) is -0.210. The van der Waals surface area contributed by atoms with Crippen molar-refractivity contribution in [3.05, 3.63) is 95.0 Å². The highest BCUT2D eigenvalue weighted by Crippen LogP contribution is 2.61. The molecule has 144 valence electrons. The van der Waals surface area contributed by atoms with Crippen LogP contribution in [-0.4, -0.2) is 12.5 Å². The number of hydrogen-bond donors (Lipinski definition) is 0. The Hall–Kier alpha value is -2.43. The summed E-state index contributed by atoms with van der Waals surface area (Å²) in [4.78, 5) is 0. The average Bonchev–Trinajstić information content (AvgIpc) is 3.25. The lowest BCUT2D eigenvalue weighted by Crippen LogP contribution is -2.23. The molecule has 0 heterocycles. The molecule has 0 bridgehead atoms. The average molecular weight is 401 g/mol. The molecule has 1 fully saturated rings. The number of rotatable bonds is 7.